The molecule has 2 aromatic heterocycles. The number of halogens is 3. The van der Waals surface area contributed by atoms with Crippen molar-refractivity contribution in [2.75, 3.05) is 40.9 Å². The monoisotopic (exact) mass is 470 g/mol. The van der Waals surface area contributed by atoms with E-state index >= 15 is 0 Å². The molecule has 13 heteroatoms. The second kappa shape index (κ2) is 7.64. The van der Waals surface area contributed by atoms with Gasteiger partial charge in [0.15, 0.2) is 21.4 Å². The van der Waals surface area contributed by atoms with Crippen molar-refractivity contribution in [3.63, 3.8) is 0 Å². The molecular formula is C19H21F3N6O3S. The summed E-state index contributed by atoms with van der Waals surface area (Å²) >= 11 is 0. The number of nitrogens with zero attached hydrogens (tertiary/aromatic N) is 5. The molecule has 5 rings (SSSR count). The molecule has 2 bridgehead atoms. The first kappa shape index (κ1) is 21.0. The fourth-order valence-corrected chi connectivity index (χ4v) is 6.55. The highest BCUT2D eigenvalue weighted by atomic mass is 32.2. The largest absolute Gasteiger partial charge is 0.431 e. The Labute approximate surface area is 182 Å². The Hall–Kier alpha value is -2.83. The number of nitrogens with two attached hydrogens (primary N) is 1. The molecule has 3 atom stereocenters. The maximum absolute atomic E-state index is 13.8. The molecule has 0 amide bonds. The Balaban J connectivity index is 1.55. The summed E-state index contributed by atoms with van der Waals surface area (Å²) in [5.74, 6) is 0.374. The van der Waals surface area contributed by atoms with Gasteiger partial charge in [-0.3, -0.25) is 0 Å². The summed E-state index contributed by atoms with van der Waals surface area (Å²) < 4.78 is 68.0. The van der Waals surface area contributed by atoms with Crippen LogP contribution in [0.25, 0.3) is 11.3 Å². The van der Waals surface area contributed by atoms with Crippen molar-refractivity contribution in [1.29, 1.82) is 0 Å². The van der Waals surface area contributed by atoms with E-state index in [1.165, 1.54) is 12.3 Å². The maximum Gasteiger partial charge on any atom is 0.387 e. The van der Waals surface area contributed by atoms with E-state index in [1.54, 1.807) is 11.0 Å². The van der Waals surface area contributed by atoms with Crippen LogP contribution >= 0.6 is 0 Å². The molecule has 3 fully saturated rings. The third kappa shape index (κ3) is 3.78. The molecule has 32 heavy (non-hydrogen) atoms. The van der Waals surface area contributed by atoms with Crippen LogP contribution in [0.1, 0.15) is 12.8 Å². The molecule has 0 aliphatic carbocycles. The molecule has 3 aliphatic rings. The molecule has 3 aliphatic heterocycles. The number of anilines is 3. The molecule has 0 saturated carbocycles. The number of fused-ring (bicyclic) bond motifs is 2. The van der Waals surface area contributed by atoms with Crippen LogP contribution in [0.4, 0.5) is 30.8 Å². The van der Waals surface area contributed by atoms with Gasteiger partial charge in [0.25, 0.3) is 0 Å². The van der Waals surface area contributed by atoms with Crippen molar-refractivity contribution in [3.05, 3.63) is 18.3 Å². The van der Waals surface area contributed by atoms with Crippen LogP contribution in [0.3, 0.4) is 0 Å². The molecular weight excluding hydrogens is 449 g/mol. The molecule has 0 radical (unpaired) electrons. The Bertz CT molecular complexity index is 1150. The van der Waals surface area contributed by atoms with E-state index in [1.807, 2.05) is 4.90 Å². The Morgan fingerprint density at radius 1 is 1.22 bits per heavy atom. The molecule has 3 unspecified atom stereocenters. The number of rotatable bonds is 5. The van der Waals surface area contributed by atoms with Crippen LogP contribution in [-0.4, -0.2) is 72.8 Å². The number of hydrogen-bond donors (Lipinski definition) is 1. The fourth-order valence-electron chi connectivity index (χ4n) is 4.52. The van der Waals surface area contributed by atoms with Crippen molar-refractivity contribution in [2.24, 2.45) is 0 Å². The predicted octanol–water partition coefficient (Wildman–Crippen LogP) is 1.65. The zero-order valence-electron chi connectivity index (χ0n) is 16.9. The molecule has 0 aromatic carbocycles. The minimum absolute atomic E-state index is 0.0540. The van der Waals surface area contributed by atoms with Crippen LogP contribution in [0.5, 0.6) is 5.75 Å². The van der Waals surface area contributed by atoms with Crippen molar-refractivity contribution in [1.82, 2.24) is 15.0 Å². The number of pyridine rings is 1. The average molecular weight is 470 g/mol. The van der Waals surface area contributed by atoms with E-state index < -0.39 is 27.9 Å². The van der Waals surface area contributed by atoms with Gasteiger partial charge in [-0.2, -0.15) is 13.8 Å². The minimum Gasteiger partial charge on any atom is -0.431 e. The molecule has 5 heterocycles. The summed E-state index contributed by atoms with van der Waals surface area (Å²) in [4.78, 5) is 16.7. The van der Waals surface area contributed by atoms with Gasteiger partial charge >= 0.3 is 6.61 Å². The number of alkyl halides is 3. The lowest BCUT2D eigenvalue weighted by Crippen LogP contribution is -2.41. The Morgan fingerprint density at radius 3 is 2.66 bits per heavy atom. The van der Waals surface area contributed by atoms with Gasteiger partial charge in [0.05, 0.1) is 23.2 Å². The maximum atomic E-state index is 13.8. The number of ether oxygens (including phenoxy) is 1. The zero-order chi connectivity index (χ0) is 22.6. The summed E-state index contributed by atoms with van der Waals surface area (Å²) in [7, 11) is -3.10. The van der Waals surface area contributed by atoms with Crippen LogP contribution in [0.15, 0.2) is 18.3 Å². The van der Waals surface area contributed by atoms with E-state index in [9.17, 15) is 21.6 Å². The molecule has 172 valence electrons. The summed E-state index contributed by atoms with van der Waals surface area (Å²) in [6.07, 6.45) is 1.27. The highest BCUT2D eigenvalue weighted by Crippen LogP contribution is 2.38. The second-order valence-corrected chi connectivity index (χ2v) is 10.5. The van der Waals surface area contributed by atoms with E-state index in [-0.39, 0.29) is 35.9 Å². The SMILES string of the molecule is Nc1ncc(-c2cc(N3CC4CC3CS4(=O)=O)nc(N3CCC(F)C3)n2)cc1OC(F)F. The molecule has 3 saturated heterocycles. The van der Waals surface area contributed by atoms with Gasteiger partial charge in [-0.1, -0.05) is 0 Å². The van der Waals surface area contributed by atoms with E-state index in [0.717, 1.165) is 0 Å². The lowest BCUT2D eigenvalue weighted by molar-refractivity contribution is -0.0494. The van der Waals surface area contributed by atoms with Crippen LogP contribution in [-0.2, 0) is 9.84 Å². The van der Waals surface area contributed by atoms with Gasteiger partial charge in [-0.25, -0.2) is 22.8 Å². The molecule has 2 N–H and O–H groups in total. The molecule has 0 spiro atoms. The first-order chi connectivity index (χ1) is 15.2. The topological polar surface area (TPSA) is 115 Å². The van der Waals surface area contributed by atoms with Crippen LogP contribution < -0.4 is 20.3 Å². The lowest BCUT2D eigenvalue weighted by Gasteiger charge is -2.29. The van der Waals surface area contributed by atoms with Crippen molar-refractivity contribution >= 4 is 27.4 Å². The summed E-state index contributed by atoms with van der Waals surface area (Å²) in [6.45, 7) is -2.18. The smallest absolute Gasteiger partial charge is 0.387 e. The van der Waals surface area contributed by atoms with Gasteiger partial charge in [-0.05, 0) is 18.9 Å². The highest BCUT2D eigenvalue weighted by molar-refractivity contribution is 7.92. The van der Waals surface area contributed by atoms with Crippen molar-refractivity contribution in [2.45, 2.75) is 36.9 Å². The molecule has 9 nitrogen and oxygen atoms in total. The van der Waals surface area contributed by atoms with Crippen molar-refractivity contribution < 1.29 is 26.3 Å². The number of aromatic nitrogens is 3. The van der Waals surface area contributed by atoms with E-state index in [0.29, 0.717) is 43.0 Å². The van der Waals surface area contributed by atoms with Crippen LogP contribution in [0, 0.1) is 0 Å². The first-order valence-corrected chi connectivity index (χ1v) is 11.9. The normalized spacial score (nSPS) is 26.3. The number of nitrogen functional groups attached to an aromatic ring is 1. The average Bonchev–Trinajstić information content (AvgIpc) is 3.42. The second-order valence-electron chi connectivity index (χ2n) is 8.22. The zero-order valence-corrected chi connectivity index (χ0v) is 17.7. The van der Waals surface area contributed by atoms with E-state index in [4.69, 9.17) is 5.73 Å². The van der Waals surface area contributed by atoms with Gasteiger partial charge in [0.2, 0.25) is 5.95 Å². The standard InChI is InChI=1S/C19H21F3N6O3S/c20-11-1-2-27(7-11)19-25-14(10-3-15(31-18(21)22)17(23)24-6-10)5-16(26-19)28-8-13-4-12(28)9-32(13,29)30/h3,5-6,11-13,18H,1-2,4,7-9H2,(H2,23,24). The number of sulfone groups is 1. The summed E-state index contributed by atoms with van der Waals surface area (Å²) in [6, 6.07) is 2.77. The molecule has 2 aromatic rings. The Morgan fingerprint density at radius 2 is 2.03 bits per heavy atom. The quantitative estimate of drug-likeness (QED) is 0.697. The van der Waals surface area contributed by atoms with E-state index in [2.05, 4.69) is 19.7 Å². The highest BCUT2D eigenvalue weighted by Gasteiger charge is 2.49. The van der Waals surface area contributed by atoms with Gasteiger partial charge in [-0.15, -0.1) is 0 Å². The first-order valence-electron chi connectivity index (χ1n) is 10.2. The lowest BCUT2D eigenvalue weighted by atomic mass is 10.2. The Kier molecular flexibility index (Phi) is 5.02. The summed E-state index contributed by atoms with van der Waals surface area (Å²) in [5.41, 5.74) is 6.37. The minimum atomic E-state index is -3.10. The van der Waals surface area contributed by atoms with Gasteiger partial charge < -0.3 is 20.3 Å². The van der Waals surface area contributed by atoms with Gasteiger partial charge in [0.1, 0.15) is 12.0 Å². The van der Waals surface area contributed by atoms with Gasteiger partial charge in [0, 0.05) is 37.0 Å². The predicted molar refractivity (Wildman–Crippen MR) is 111 cm³/mol. The van der Waals surface area contributed by atoms with Crippen molar-refractivity contribution in [3.8, 4) is 17.0 Å². The fraction of sp³-hybridized carbons (Fsp3) is 0.526. The summed E-state index contributed by atoms with van der Waals surface area (Å²) in [5, 5.41) is -0.444. The third-order valence-corrected chi connectivity index (χ3v) is 8.32. The third-order valence-electron chi connectivity index (χ3n) is 6.11. The number of hydrogen-bond acceptors (Lipinski definition) is 9. The van der Waals surface area contributed by atoms with Crippen LogP contribution in [0.2, 0.25) is 0 Å².